The summed E-state index contributed by atoms with van der Waals surface area (Å²) in [7, 11) is 0. The van der Waals surface area contributed by atoms with E-state index in [1.165, 1.54) is 31.2 Å². The van der Waals surface area contributed by atoms with Gasteiger partial charge in [0.2, 0.25) is 0 Å². The Balaban J connectivity index is 0.00000161. The highest BCUT2D eigenvalue weighted by Gasteiger charge is 2.22. The van der Waals surface area contributed by atoms with Gasteiger partial charge < -0.3 is 10.6 Å². The van der Waals surface area contributed by atoms with Crippen LogP contribution in [0.3, 0.4) is 0 Å². The average Bonchev–Trinajstić information content (AvgIpc) is 2.55. The lowest BCUT2D eigenvalue weighted by Crippen LogP contribution is -2.43. The van der Waals surface area contributed by atoms with Gasteiger partial charge in [-0.25, -0.2) is 0 Å². The van der Waals surface area contributed by atoms with Gasteiger partial charge in [0, 0.05) is 19.6 Å². The predicted molar refractivity (Wildman–Crippen MR) is 99.5 cm³/mol. The molecule has 3 rings (SSSR count). The molecule has 0 spiro atoms. The molecule has 0 saturated heterocycles. The van der Waals surface area contributed by atoms with Gasteiger partial charge in [-0.15, -0.1) is 24.0 Å². The first kappa shape index (κ1) is 16.6. The van der Waals surface area contributed by atoms with Crippen molar-refractivity contribution in [2.45, 2.75) is 38.0 Å². The van der Waals surface area contributed by atoms with Crippen LogP contribution in [-0.4, -0.2) is 25.6 Å². The Bertz CT molecular complexity index is 439. The van der Waals surface area contributed by atoms with Crippen LogP contribution in [0.5, 0.6) is 0 Å². The Hall–Kier alpha value is -0.780. The highest BCUT2D eigenvalue weighted by Crippen LogP contribution is 2.35. The molecule has 116 valence electrons. The van der Waals surface area contributed by atoms with E-state index in [0.29, 0.717) is 0 Å². The summed E-state index contributed by atoms with van der Waals surface area (Å²) in [4.78, 5) is 4.47. The van der Waals surface area contributed by atoms with E-state index < -0.39 is 0 Å². The third-order valence-electron chi connectivity index (χ3n) is 4.57. The van der Waals surface area contributed by atoms with Crippen molar-refractivity contribution in [3.8, 4) is 0 Å². The van der Waals surface area contributed by atoms with Crippen molar-refractivity contribution < 1.29 is 0 Å². The number of benzene rings is 1. The number of guanidine groups is 1. The summed E-state index contributed by atoms with van der Waals surface area (Å²) in [5.74, 6) is 2.60. The molecule has 0 radical (unpaired) electrons. The van der Waals surface area contributed by atoms with Gasteiger partial charge in [0.15, 0.2) is 5.96 Å². The van der Waals surface area contributed by atoms with Crippen LogP contribution in [0.15, 0.2) is 35.3 Å². The zero-order valence-corrected chi connectivity index (χ0v) is 14.9. The molecule has 0 aromatic heterocycles. The normalized spacial score (nSPS) is 25.2. The van der Waals surface area contributed by atoms with E-state index in [9.17, 15) is 0 Å². The maximum Gasteiger partial charge on any atom is 0.191 e. The first-order valence-electron chi connectivity index (χ1n) is 7.99. The molecule has 0 unspecified atom stereocenters. The number of nitrogens with zero attached hydrogens (tertiary/aromatic N) is 1. The van der Waals surface area contributed by atoms with Crippen LogP contribution >= 0.6 is 24.0 Å². The van der Waals surface area contributed by atoms with E-state index in [-0.39, 0.29) is 24.0 Å². The largest absolute Gasteiger partial charge is 0.356 e. The van der Waals surface area contributed by atoms with Crippen LogP contribution in [0, 0.1) is 5.92 Å². The van der Waals surface area contributed by atoms with Gasteiger partial charge in [-0.1, -0.05) is 30.3 Å². The lowest BCUT2D eigenvalue weighted by atomic mass is 9.79. The van der Waals surface area contributed by atoms with Crippen molar-refractivity contribution in [1.29, 1.82) is 0 Å². The first-order chi connectivity index (χ1) is 9.92. The summed E-state index contributed by atoms with van der Waals surface area (Å²) in [6, 6.07) is 11.0. The molecule has 1 aliphatic heterocycles. The number of halogens is 1. The number of hydrogen-bond acceptors (Lipinski definition) is 3. The maximum absolute atomic E-state index is 4.47. The minimum Gasteiger partial charge on any atom is -0.356 e. The van der Waals surface area contributed by atoms with Gasteiger partial charge in [0.05, 0.1) is 0 Å². The molecule has 0 atom stereocenters. The smallest absolute Gasteiger partial charge is 0.191 e. The minimum absolute atomic E-state index is 0. The highest BCUT2D eigenvalue weighted by molar-refractivity contribution is 14.0. The lowest BCUT2D eigenvalue weighted by Gasteiger charge is -2.29. The third kappa shape index (κ3) is 4.87. The van der Waals surface area contributed by atoms with E-state index in [1.807, 2.05) is 0 Å². The van der Waals surface area contributed by atoms with Gasteiger partial charge in [-0.05, 0) is 49.5 Å². The summed E-state index contributed by atoms with van der Waals surface area (Å²) in [5.41, 5.74) is 1.53. The monoisotopic (exact) mass is 399 g/mol. The molecule has 1 aromatic carbocycles. The van der Waals surface area contributed by atoms with Crippen LogP contribution in [-0.2, 0) is 0 Å². The molecular formula is C17H26IN3. The van der Waals surface area contributed by atoms with Crippen LogP contribution in [0.4, 0.5) is 0 Å². The molecule has 4 heteroatoms. The molecule has 2 aliphatic rings. The Morgan fingerprint density at radius 1 is 1.10 bits per heavy atom. The number of aliphatic imine (C=N–C) groups is 1. The Morgan fingerprint density at radius 2 is 1.86 bits per heavy atom. The van der Waals surface area contributed by atoms with E-state index in [4.69, 9.17) is 0 Å². The summed E-state index contributed by atoms with van der Waals surface area (Å²) in [6.45, 7) is 3.11. The second kappa shape index (κ2) is 8.61. The zero-order valence-electron chi connectivity index (χ0n) is 12.6. The van der Waals surface area contributed by atoms with E-state index >= 15 is 0 Å². The second-order valence-corrected chi connectivity index (χ2v) is 6.02. The average molecular weight is 399 g/mol. The second-order valence-electron chi connectivity index (χ2n) is 6.02. The van der Waals surface area contributed by atoms with Gasteiger partial charge in [0.1, 0.15) is 0 Å². The van der Waals surface area contributed by atoms with Crippen LogP contribution in [0.2, 0.25) is 0 Å². The molecule has 1 aromatic rings. The Labute approximate surface area is 145 Å². The van der Waals surface area contributed by atoms with Crippen LogP contribution in [0.1, 0.15) is 43.6 Å². The van der Waals surface area contributed by atoms with Crippen molar-refractivity contribution in [1.82, 2.24) is 10.6 Å². The van der Waals surface area contributed by atoms with Crippen LogP contribution in [0.25, 0.3) is 0 Å². The number of nitrogens with one attached hydrogen (secondary N) is 2. The molecule has 1 aliphatic carbocycles. The fourth-order valence-electron chi connectivity index (χ4n) is 3.32. The molecule has 1 fully saturated rings. The summed E-state index contributed by atoms with van der Waals surface area (Å²) in [6.07, 6.45) is 6.49. The molecule has 1 heterocycles. The topological polar surface area (TPSA) is 36.4 Å². The highest BCUT2D eigenvalue weighted by atomic mass is 127. The van der Waals surface area contributed by atoms with Crippen LogP contribution < -0.4 is 10.6 Å². The third-order valence-corrected chi connectivity index (χ3v) is 4.57. The Kier molecular flexibility index (Phi) is 6.80. The maximum atomic E-state index is 4.47. The summed E-state index contributed by atoms with van der Waals surface area (Å²) >= 11 is 0. The lowest BCUT2D eigenvalue weighted by molar-refractivity contribution is 0.324. The number of hydrogen-bond donors (Lipinski definition) is 2. The van der Waals surface area contributed by atoms with Crippen molar-refractivity contribution in [2.24, 2.45) is 10.9 Å². The molecule has 3 nitrogen and oxygen atoms in total. The molecule has 0 amide bonds. The molecular weight excluding hydrogens is 373 g/mol. The molecule has 21 heavy (non-hydrogen) atoms. The summed E-state index contributed by atoms with van der Waals surface area (Å²) < 4.78 is 0. The fourth-order valence-corrected chi connectivity index (χ4v) is 3.32. The standard InChI is InChI=1S/C17H25N3.HI/c1-2-5-15(6-3-1)16-9-7-14(8-10-16)13-20-17-18-11-4-12-19-17;/h1-3,5-6,14,16H,4,7-13H2,(H2,18,19,20);1H. The van der Waals surface area contributed by atoms with Crippen molar-refractivity contribution >= 4 is 29.9 Å². The van der Waals surface area contributed by atoms with Gasteiger partial charge >= 0.3 is 0 Å². The number of rotatable bonds is 3. The van der Waals surface area contributed by atoms with E-state index in [2.05, 4.69) is 46.0 Å². The molecule has 2 N–H and O–H groups in total. The van der Waals surface area contributed by atoms with E-state index in [1.54, 1.807) is 0 Å². The summed E-state index contributed by atoms with van der Waals surface area (Å²) in [5, 5.41) is 6.82. The predicted octanol–water partition coefficient (Wildman–Crippen LogP) is 3.52. The quantitative estimate of drug-likeness (QED) is 0.764. The van der Waals surface area contributed by atoms with Gasteiger partial charge in [-0.2, -0.15) is 0 Å². The SMILES string of the molecule is I.c1ccc(C2CCC(CNC3=NCCCN3)CC2)cc1. The van der Waals surface area contributed by atoms with Crippen molar-refractivity contribution in [3.05, 3.63) is 35.9 Å². The Morgan fingerprint density at radius 3 is 2.52 bits per heavy atom. The van der Waals surface area contributed by atoms with Crippen molar-refractivity contribution in [3.63, 3.8) is 0 Å². The minimum atomic E-state index is 0. The van der Waals surface area contributed by atoms with Gasteiger partial charge in [-0.3, -0.25) is 4.99 Å². The fraction of sp³-hybridized carbons (Fsp3) is 0.588. The van der Waals surface area contributed by atoms with E-state index in [0.717, 1.165) is 43.9 Å². The van der Waals surface area contributed by atoms with Gasteiger partial charge in [0.25, 0.3) is 0 Å². The zero-order chi connectivity index (χ0) is 13.6. The first-order valence-corrected chi connectivity index (χ1v) is 7.99. The van der Waals surface area contributed by atoms with Crippen molar-refractivity contribution in [2.75, 3.05) is 19.6 Å². The molecule has 0 bridgehead atoms. The molecule has 1 saturated carbocycles.